The van der Waals surface area contributed by atoms with Crippen LogP contribution in [0.1, 0.15) is 18.1 Å². The van der Waals surface area contributed by atoms with E-state index >= 15 is 0 Å². The van der Waals surface area contributed by atoms with E-state index in [2.05, 4.69) is 10.2 Å². The second kappa shape index (κ2) is 5.13. The van der Waals surface area contributed by atoms with E-state index in [9.17, 15) is 9.59 Å². The molecule has 1 aliphatic heterocycles. The number of benzene rings is 1. The van der Waals surface area contributed by atoms with Gasteiger partial charge in [0, 0.05) is 32.6 Å². The molecule has 0 amide bonds. The number of aromatic nitrogens is 1. The predicted molar refractivity (Wildman–Crippen MR) is 76.5 cm³/mol. The maximum absolute atomic E-state index is 12.0. The van der Waals surface area contributed by atoms with Crippen molar-refractivity contribution in [1.82, 2.24) is 9.88 Å². The first-order valence-corrected chi connectivity index (χ1v) is 6.86. The molecular formula is C14H17N3O3. The number of anilines is 1. The maximum Gasteiger partial charge on any atom is 0.426 e. The average molecular weight is 275 g/mol. The lowest BCUT2D eigenvalue weighted by Crippen LogP contribution is -2.43. The van der Waals surface area contributed by atoms with Gasteiger partial charge in [-0.2, -0.15) is 0 Å². The van der Waals surface area contributed by atoms with Gasteiger partial charge in [-0.25, -0.2) is 9.36 Å². The van der Waals surface area contributed by atoms with Crippen LogP contribution in [0.15, 0.2) is 27.4 Å². The fraction of sp³-hybridized carbons (Fsp3) is 0.429. The van der Waals surface area contributed by atoms with Gasteiger partial charge in [0.2, 0.25) is 5.91 Å². The highest BCUT2D eigenvalue weighted by Crippen LogP contribution is 2.26. The zero-order valence-corrected chi connectivity index (χ0v) is 11.4. The van der Waals surface area contributed by atoms with Gasteiger partial charge in [-0.15, -0.1) is 0 Å². The minimum atomic E-state index is -0.602. The number of hydrogen-bond donors (Lipinski definition) is 1. The quantitative estimate of drug-likeness (QED) is 0.887. The van der Waals surface area contributed by atoms with Gasteiger partial charge in [0.05, 0.1) is 5.69 Å². The SMILES string of the molecule is CCC(=O)n1c(=O)oc2cccc(N3CCNCC3)c21. The van der Waals surface area contributed by atoms with Crippen LogP contribution in [0.3, 0.4) is 0 Å². The van der Waals surface area contributed by atoms with Crippen LogP contribution in [0.2, 0.25) is 0 Å². The molecule has 1 N–H and O–H groups in total. The summed E-state index contributed by atoms with van der Waals surface area (Å²) >= 11 is 0. The molecule has 1 aromatic carbocycles. The number of piperazine rings is 1. The Morgan fingerprint density at radius 3 is 2.80 bits per heavy atom. The molecule has 0 atom stereocenters. The van der Waals surface area contributed by atoms with Gasteiger partial charge in [-0.3, -0.25) is 4.79 Å². The Morgan fingerprint density at radius 1 is 1.35 bits per heavy atom. The van der Waals surface area contributed by atoms with Crippen molar-refractivity contribution in [2.75, 3.05) is 31.1 Å². The van der Waals surface area contributed by atoms with E-state index in [1.807, 2.05) is 12.1 Å². The minimum Gasteiger partial charge on any atom is -0.407 e. The molecule has 6 nitrogen and oxygen atoms in total. The van der Waals surface area contributed by atoms with E-state index < -0.39 is 5.76 Å². The van der Waals surface area contributed by atoms with Crippen molar-refractivity contribution >= 4 is 22.7 Å². The van der Waals surface area contributed by atoms with Crippen LogP contribution >= 0.6 is 0 Å². The van der Waals surface area contributed by atoms with Crippen LogP contribution in [0, 0.1) is 0 Å². The van der Waals surface area contributed by atoms with Crippen molar-refractivity contribution in [2.45, 2.75) is 13.3 Å². The van der Waals surface area contributed by atoms with Crippen molar-refractivity contribution in [1.29, 1.82) is 0 Å². The van der Waals surface area contributed by atoms with Crippen molar-refractivity contribution in [3.63, 3.8) is 0 Å². The Morgan fingerprint density at radius 2 is 2.10 bits per heavy atom. The highest BCUT2D eigenvalue weighted by Gasteiger charge is 2.21. The molecule has 2 aromatic rings. The molecule has 106 valence electrons. The van der Waals surface area contributed by atoms with Gasteiger partial charge in [0.25, 0.3) is 0 Å². The van der Waals surface area contributed by atoms with Crippen LogP contribution < -0.4 is 16.0 Å². The van der Waals surface area contributed by atoms with Crippen LogP contribution in [0.5, 0.6) is 0 Å². The smallest absolute Gasteiger partial charge is 0.407 e. The first-order valence-electron chi connectivity index (χ1n) is 6.86. The molecule has 0 bridgehead atoms. The van der Waals surface area contributed by atoms with E-state index in [4.69, 9.17) is 4.42 Å². The first kappa shape index (κ1) is 12.9. The van der Waals surface area contributed by atoms with E-state index in [-0.39, 0.29) is 12.3 Å². The lowest BCUT2D eigenvalue weighted by molar-refractivity contribution is 0.0905. The van der Waals surface area contributed by atoms with Crippen molar-refractivity contribution in [3.05, 3.63) is 28.7 Å². The Labute approximate surface area is 116 Å². The average Bonchev–Trinajstić information content (AvgIpc) is 2.83. The standard InChI is InChI=1S/C14H17N3O3/c1-2-12(18)17-13-10(16-8-6-15-7-9-16)4-3-5-11(13)20-14(17)19/h3-5,15H,2,6-9H2,1H3. The van der Waals surface area contributed by atoms with E-state index in [1.165, 1.54) is 0 Å². The monoisotopic (exact) mass is 275 g/mol. The molecule has 3 rings (SSSR count). The van der Waals surface area contributed by atoms with E-state index in [1.54, 1.807) is 13.0 Å². The molecule has 1 aliphatic rings. The Hall–Kier alpha value is -2.08. The third-order valence-electron chi connectivity index (χ3n) is 3.59. The third kappa shape index (κ3) is 2.02. The number of oxazole rings is 1. The summed E-state index contributed by atoms with van der Waals surface area (Å²) in [5.74, 6) is -0.842. The van der Waals surface area contributed by atoms with Gasteiger partial charge in [0.15, 0.2) is 5.58 Å². The van der Waals surface area contributed by atoms with E-state index in [0.29, 0.717) is 11.1 Å². The maximum atomic E-state index is 12.0. The molecule has 1 fully saturated rings. The lowest BCUT2D eigenvalue weighted by Gasteiger charge is -2.29. The molecule has 6 heteroatoms. The number of para-hydroxylation sites is 1. The molecule has 0 spiro atoms. The van der Waals surface area contributed by atoms with Crippen molar-refractivity contribution in [3.8, 4) is 0 Å². The number of carbonyl (C=O) groups excluding carboxylic acids is 1. The molecule has 0 radical (unpaired) electrons. The number of nitrogens with one attached hydrogen (secondary N) is 1. The van der Waals surface area contributed by atoms with Gasteiger partial charge in [0.1, 0.15) is 5.52 Å². The largest absolute Gasteiger partial charge is 0.426 e. The molecule has 1 aromatic heterocycles. The van der Waals surface area contributed by atoms with Crippen LogP contribution in [0.25, 0.3) is 11.1 Å². The summed E-state index contributed by atoms with van der Waals surface area (Å²) in [7, 11) is 0. The molecule has 0 unspecified atom stereocenters. The molecular weight excluding hydrogens is 258 g/mol. The lowest BCUT2D eigenvalue weighted by atomic mass is 10.2. The second-order valence-corrected chi connectivity index (χ2v) is 4.81. The summed E-state index contributed by atoms with van der Waals surface area (Å²) < 4.78 is 6.36. The van der Waals surface area contributed by atoms with Gasteiger partial charge >= 0.3 is 5.76 Å². The zero-order chi connectivity index (χ0) is 14.1. The Kier molecular flexibility index (Phi) is 3.31. The van der Waals surface area contributed by atoms with Gasteiger partial charge < -0.3 is 14.6 Å². The van der Waals surface area contributed by atoms with Crippen LogP contribution in [-0.4, -0.2) is 36.7 Å². The fourth-order valence-electron chi connectivity index (χ4n) is 2.59. The van der Waals surface area contributed by atoms with Crippen molar-refractivity contribution in [2.24, 2.45) is 0 Å². The first-order chi connectivity index (χ1) is 9.72. The van der Waals surface area contributed by atoms with Crippen LogP contribution in [-0.2, 0) is 0 Å². The normalized spacial score (nSPS) is 15.8. The number of fused-ring (bicyclic) bond motifs is 1. The fourth-order valence-corrected chi connectivity index (χ4v) is 2.59. The minimum absolute atomic E-state index is 0.240. The van der Waals surface area contributed by atoms with Gasteiger partial charge in [-0.1, -0.05) is 13.0 Å². The second-order valence-electron chi connectivity index (χ2n) is 4.81. The Balaban J connectivity index is 2.21. The molecule has 0 aliphatic carbocycles. The Bertz CT molecular complexity index is 695. The summed E-state index contributed by atoms with van der Waals surface area (Å²) in [6.07, 6.45) is 0.268. The van der Waals surface area contributed by atoms with E-state index in [0.717, 1.165) is 36.4 Å². The number of nitrogens with zero attached hydrogens (tertiary/aromatic N) is 2. The predicted octanol–water partition coefficient (Wildman–Crippen LogP) is 1.05. The number of hydrogen-bond acceptors (Lipinski definition) is 5. The molecule has 2 heterocycles. The van der Waals surface area contributed by atoms with Gasteiger partial charge in [-0.05, 0) is 12.1 Å². The summed E-state index contributed by atoms with van der Waals surface area (Å²) in [5.41, 5.74) is 1.94. The highest BCUT2D eigenvalue weighted by atomic mass is 16.4. The number of rotatable bonds is 2. The number of carbonyl (C=O) groups is 1. The summed E-state index contributed by atoms with van der Waals surface area (Å²) in [4.78, 5) is 26.1. The van der Waals surface area contributed by atoms with Crippen LogP contribution in [0.4, 0.5) is 5.69 Å². The summed E-state index contributed by atoms with van der Waals surface area (Å²) in [6, 6.07) is 5.51. The third-order valence-corrected chi connectivity index (χ3v) is 3.59. The highest BCUT2D eigenvalue weighted by molar-refractivity contribution is 5.96. The molecule has 20 heavy (non-hydrogen) atoms. The molecule has 0 saturated carbocycles. The summed E-state index contributed by atoms with van der Waals surface area (Å²) in [5, 5.41) is 3.29. The zero-order valence-electron chi connectivity index (χ0n) is 11.4. The summed E-state index contributed by atoms with van der Waals surface area (Å²) in [6.45, 7) is 5.21. The van der Waals surface area contributed by atoms with Crippen molar-refractivity contribution < 1.29 is 9.21 Å². The topological polar surface area (TPSA) is 67.5 Å². The molecule has 1 saturated heterocycles.